The van der Waals surface area contributed by atoms with Crippen molar-refractivity contribution in [2.24, 2.45) is 5.73 Å². The molecular formula is C21H26N7O14P2-. The van der Waals surface area contributed by atoms with E-state index in [0.29, 0.717) is 0 Å². The molecule has 0 bridgehead atoms. The summed E-state index contributed by atoms with van der Waals surface area (Å²) in [6.07, 6.45) is -7.26. The summed E-state index contributed by atoms with van der Waals surface area (Å²) in [4.78, 5) is 47.8. The van der Waals surface area contributed by atoms with Crippen LogP contribution in [0.3, 0.4) is 0 Å². The van der Waals surface area contributed by atoms with Crippen LogP contribution in [-0.2, 0) is 32.0 Å². The number of phosphoric acid groups is 2. The standard InChI is InChI=1S/C21H27N7O14P2/c22-17-12-19(25-7-24-17)28(8-26-12)21-16(32)14(30)11(41-21)6-39-44(36,37)42-43(34,35)38-5-10-13(29)15(31)20(40-10)27-3-1-2-9(4-27)18(23)33/h1-4,7-8,10-11,13-16,20-21,29-32H,5-6H2,(H5-,22,23,24,25,33,34,35,36,37)/p-1/t10?,11?,13-,14-,15-,16-,20?,21?/m0/s1. The number of hydrogen-bond acceptors (Lipinski definition) is 18. The highest BCUT2D eigenvalue weighted by atomic mass is 31.3. The average Bonchev–Trinajstić information content (AvgIpc) is 3.61. The molecule has 0 saturated carbocycles. The van der Waals surface area contributed by atoms with E-state index < -0.39 is 83.8 Å². The monoisotopic (exact) mass is 662 g/mol. The third-order valence-corrected chi connectivity index (χ3v) is 9.26. The van der Waals surface area contributed by atoms with Crippen LogP contribution in [0.2, 0.25) is 0 Å². The van der Waals surface area contributed by atoms with Crippen LogP contribution in [0.4, 0.5) is 5.82 Å². The number of carbonyl (C=O) groups is 1. The lowest BCUT2D eigenvalue weighted by Crippen LogP contribution is -2.46. The van der Waals surface area contributed by atoms with Gasteiger partial charge in [-0.1, -0.05) is 0 Å². The Bertz CT molecular complexity index is 1630. The Balaban J connectivity index is 1.16. The first-order chi connectivity index (χ1) is 20.7. The summed E-state index contributed by atoms with van der Waals surface area (Å²) >= 11 is 0. The molecule has 0 aliphatic carbocycles. The zero-order chi connectivity index (χ0) is 32.0. The van der Waals surface area contributed by atoms with Crippen LogP contribution < -0.4 is 25.8 Å². The summed E-state index contributed by atoms with van der Waals surface area (Å²) in [6.45, 7) is -1.98. The number of primary amides is 1. The van der Waals surface area contributed by atoms with E-state index >= 15 is 0 Å². The van der Waals surface area contributed by atoms with Crippen LogP contribution in [0, 0.1) is 0 Å². The number of ether oxygens (including phenoxy) is 2. The first-order valence-corrected chi connectivity index (χ1v) is 15.5. The summed E-state index contributed by atoms with van der Waals surface area (Å²) in [5.41, 5.74) is 11.3. The summed E-state index contributed by atoms with van der Waals surface area (Å²) in [7, 11) is -11.4. The van der Waals surface area contributed by atoms with Crippen molar-refractivity contribution in [2.75, 3.05) is 18.9 Å². The van der Waals surface area contributed by atoms with E-state index in [0.717, 1.165) is 6.33 Å². The van der Waals surface area contributed by atoms with Crippen LogP contribution in [0.5, 0.6) is 0 Å². The van der Waals surface area contributed by atoms with Crippen LogP contribution in [-0.4, -0.2) is 95.7 Å². The van der Waals surface area contributed by atoms with Crippen molar-refractivity contribution in [3.8, 4) is 0 Å². The molecule has 0 radical (unpaired) electrons. The minimum absolute atomic E-state index is 0.0363. The third-order valence-electron chi connectivity index (χ3n) is 6.73. The van der Waals surface area contributed by atoms with Gasteiger partial charge in [-0.25, -0.2) is 19.3 Å². The fourth-order valence-corrected chi connectivity index (χ4v) is 6.58. The van der Waals surface area contributed by atoms with Crippen molar-refractivity contribution >= 4 is 38.5 Å². The second-order valence-electron chi connectivity index (χ2n) is 9.65. The van der Waals surface area contributed by atoms with Crippen LogP contribution in [0.1, 0.15) is 22.8 Å². The molecule has 2 aliphatic rings. The molecule has 5 rings (SSSR count). The third kappa shape index (κ3) is 6.65. The van der Waals surface area contributed by atoms with Crippen molar-refractivity contribution in [1.29, 1.82) is 0 Å². The number of pyridine rings is 1. The topological polar surface area (TPSA) is 324 Å². The quantitative estimate of drug-likeness (QED) is 0.0835. The molecule has 10 atom stereocenters. The molecule has 2 saturated heterocycles. The number of nitrogen functional groups attached to an aromatic ring is 1. The van der Waals surface area contributed by atoms with Gasteiger partial charge in [0, 0.05) is 6.07 Å². The van der Waals surface area contributed by atoms with E-state index in [1.54, 1.807) is 0 Å². The van der Waals surface area contributed by atoms with Crippen molar-refractivity contribution in [3.63, 3.8) is 0 Å². The second kappa shape index (κ2) is 12.4. The van der Waals surface area contributed by atoms with Gasteiger partial charge in [-0.2, -0.15) is 4.57 Å². The van der Waals surface area contributed by atoms with Gasteiger partial charge < -0.3 is 60.2 Å². The number of nitrogens with two attached hydrogens (primary N) is 2. The van der Waals surface area contributed by atoms with Crippen LogP contribution in [0.15, 0.2) is 37.2 Å². The predicted octanol–water partition coefficient (Wildman–Crippen LogP) is -4.28. The SMILES string of the molecule is NC(=O)c1ccc[n+](C2OC(COP(=O)([O-])OP(=O)([O-])OCC3OC(n4cnc5c(N)ncnc54)[C@@H](O)[C@H]3O)[C@H](O)[C@@H]2O)c1. The molecule has 8 N–H and O–H groups in total. The van der Waals surface area contributed by atoms with E-state index in [9.17, 15) is 44.1 Å². The molecule has 2 aliphatic heterocycles. The number of phosphoric ester groups is 2. The smallest absolute Gasteiger partial charge is 0.292 e. The van der Waals surface area contributed by atoms with Gasteiger partial charge in [0.25, 0.3) is 27.8 Å². The van der Waals surface area contributed by atoms with E-state index in [2.05, 4.69) is 28.3 Å². The largest absolute Gasteiger partial charge is 0.756 e. The maximum absolute atomic E-state index is 12.3. The Morgan fingerprint density at radius 3 is 2.30 bits per heavy atom. The van der Waals surface area contributed by atoms with E-state index in [-0.39, 0.29) is 22.5 Å². The molecule has 3 aromatic heterocycles. The lowest BCUT2D eigenvalue weighted by atomic mass is 10.1. The molecule has 5 heterocycles. The molecule has 2 fully saturated rings. The van der Waals surface area contributed by atoms with E-state index in [4.69, 9.17) is 20.9 Å². The van der Waals surface area contributed by atoms with Gasteiger partial charge in [0.05, 0.1) is 19.5 Å². The zero-order valence-corrected chi connectivity index (χ0v) is 23.9. The maximum Gasteiger partial charge on any atom is 0.292 e. The molecule has 3 aromatic rings. The number of aromatic nitrogens is 5. The summed E-state index contributed by atoms with van der Waals surface area (Å²) in [5.74, 6) is -0.743. The van der Waals surface area contributed by atoms with Crippen molar-refractivity contribution in [3.05, 3.63) is 42.7 Å². The number of aliphatic hydroxyl groups is 4. The average molecular weight is 662 g/mol. The summed E-state index contributed by atoms with van der Waals surface area (Å²) < 4.78 is 51.1. The molecule has 240 valence electrons. The zero-order valence-electron chi connectivity index (χ0n) is 22.2. The van der Waals surface area contributed by atoms with Crippen molar-refractivity contribution in [2.45, 2.75) is 49.1 Å². The van der Waals surface area contributed by atoms with Crippen molar-refractivity contribution in [1.82, 2.24) is 19.5 Å². The molecule has 44 heavy (non-hydrogen) atoms. The number of nitrogens with zero attached hydrogens (tertiary/aromatic N) is 5. The number of anilines is 1. The molecule has 0 aromatic carbocycles. The van der Waals surface area contributed by atoms with Crippen LogP contribution in [0.25, 0.3) is 11.2 Å². The fraction of sp³-hybridized carbons (Fsp3) is 0.476. The van der Waals surface area contributed by atoms with Gasteiger partial charge in [-0.05, 0) is 6.07 Å². The highest BCUT2D eigenvalue weighted by Crippen LogP contribution is 2.56. The molecular weight excluding hydrogens is 636 g/mol. The maximum atomic E-state index is 12.3. The van der Waals surface area contributed by atoms with E-state index in [1.807, 2.05) is 0 Å². The fourth-order valence-electron chi connectivity index (χ4n) is 4.56. The number of aliphatic hydroxyl groups excluding tert-OH is 4. The molecule has 0 spiro atoms. The van der Waals surface area contributed by atoms with Gasteiger partial charge >= 0.3 is 0 Å². The first-order valence-electron chi connectivity index (χ1n) is 12.6. The van der Waals surface area contributed by atoms with Gasteiger partial charge in [-0.3, -0.25) is 18.5 Å². The number of hydrogen-bond donors (Lipinski definition) is 6. The van der Waals surface area contributed by atoms with Crippen molar-refractivity contribution < 1.29 is 71.5 Å². The summed E-state index contributed by atoms with van der Waals surface area (Å²) in [6, 6.07) is 2.80. The Morgan fingerprint density at radius 1 is 1.00 bits per heavy atom. The highest BCUT2D eigenvalue weighted by molar-refractivity contribution is 7.59. The van der Waals surface area contributed by atoms with E-state index in [1.165, 1.54) is 40.0 Å². The highest BCUT2D eigenvalue weighted by Gasteiger charge is 2.49. The Hall–Kier alpha value is -3.01. The number of rotatable bonds is 11. The van der Waals surface area contributed by atoms with Gasteiger partial charge in [-0.15, -0.1) is 0 Å². The Labute approximate surface area is 246 Å². The lowest BCUT2D eigenvalue weighted by molar-refractivity contribution is -0.765. The van der Waals surface area contributed by atoms with Gasteiger partial charge in [0.15, 0.2) is 36.2 Å². The summed E-state index contributed by atoms with van der Waals surface area (Å²) in [5, 5.41) is 41.5. The minimum Gasteiger partial charge on any atom is -0.756 e. The Kier molecular flexibility index (Phi) is 9.13. The minimum atomic E-state index is -5.68. The molecule has 23 heteroatoms. The molecule has 6 unspecified atom stereocenters. The number of imidazole rings is 1. The number of fused-ring (bicyclic) bond motifs is 1. The second-order valence-corrected chi connectivity index (χ2v) is 12.6. The predicted molar refractivity (Wildman–Crippen MR) is 135 cm³/mol. The lowest BCUT2D eigenvalue weighted by Gasteiger charge is -2.31. The van der Waals surface area contributed by atoms with Gasteiger partial charge in [0.1, 0.15) is 47.9 Å². The number of carbonyl (C=O) groups excluding carboxylic acids is 1. The molecule has 1 amide bonds. The number of amides is 1. The molecule has 21 nitrogen and oxygen atoms in total. The normalized spacial score (nSPS) is 31.6. The first kappa shape index (κ1) is 32.4. The Morgan fingerprint density at radius 2 is 1.64 bits per heavy atom. The van der Waals surface area contributed by atoms with Gasteiger partial charge in [0.2, 0.25) is 0 Å². The van der Waals surface area contributed by atoms with Crippen LogP contribution >= 0.6 is 15.6 Å².